The zero-order valence-electron chi connectivity index (χ0n) is 17.3. The summed E-state index contributed by atoms with van der Waals surface area (Å²) in [4.78, 5) is 3.36. The van der Waals surface area contributed by atoms with Crippen molar-refractivity contribution < 1.29 is 35.1 Å². The Kier molecular flexibility index (Phi) is 5.42. The Bertz CT molecular complexity index is 1440. The molecule has 4 rings (SSSR count). The molecule has 0 aliphatic heterocycles. The second-order valence-electron chi connectivity index (χ2n) is 7.63. The van der Waals surface area contributed by atoms with E-state index in [0.717, 1.165) is 0 Å². The molecule has 10 heteroatoms. The zero-order chi connectivity index (χ0) is 24.7. The molecule has 0 atom stereocenters. The van der Waals surface area contributed by atoms with Crippen LogP contribution in [0, 0.1) is 74.2 Å². The number of hydrogen-bond acceptors (Lipinski definition) is 1. The number of pyridine rings is 1. The van der Waals surface area contributed by atoms with E-state index >= 15 is 8.78 Å². The van der Waals surface area contributed by atoms with Crippen LogP contribution in [-0.2, 0) is 0 Å². The van der Waals surface area contributed by atoms with Crippen LogP contribution in [0.4, 0.5) is 35.1 Å². The van der Waals surface area contributed by atoms with Crippen LogP contribution in [0.5, 0.6) is 0 Å². The molecule has 0 saturated carbocycles. The Morgan fingerprint density at radius 3 is 1.15 bits per heavy atom. The second-order valence-corrected chi connectivity index (χ2v) is 8.43. The van der Waals surface area contributed by atoms with E-state index in [4.69, 9.17) is 0 Å². The van der Waals surface area contributed by atoms with Crippen molar-refractivity contribution in [2.24, 2.45) is 0 Å². The molecular formula is C23H12BrF8N. The van der Waals surface area contributed by atoms with Crippen LogP contribution in [0.2, 0.25) is 0 Å². The predicted molar refractivity (Wildman–Crippen MR) is 111 cm³/mol. The highest BCUT2D eigenvalue weighted by molar-refractivity contribution is 9.10. The topological polar surface area (TPSA) is 12.9 Å². The monoisotopic (exact) mass is 533 g/mol. The fourth-order valence-corrected chi connectivity index (χ4v) is 4.63. The minimum absolute atomic E-state index is 0.0146. The fraction of sp³-hybridized carbons (Fsp3) is 0.174. The summed E-state index contributed by atoms with van der Waals surface area (Å²) < 4.78 is 116. The maximum absolute atomic E-state index is 15.1. The summed E-state index contributed by atoms with van der Waals surface area (Å²) in [6.07, 6.45) is 0. The van der Waals surface area contributed by atoms with Crippen molar-refractivity contribution in [2.75, 3.05) is 0 Å². The fourth-order valence-electron chi connectivity index (χ4n) is 4.04. The highest BCUT2D eigenvalue weighted by Crippen LogP contribution is 2.46. The van der Waals surface area contributed by atoms with E-state index in [0.29, 0.717) is 26.7 Å². The first-order chi connectivity index (χ1) is 15.3. The molecule has 1 nitrogen and oxygen atoms in total. The molecule has 0 radical (unpaired) electrons. The molecule has 0 unspecified atom stereocenters. The van der Waals surface area contributed by atoms with Gasteiger partial charge in [-0.2, -0.15) is 0 Å². The van der Waals surface area contributed by atoms with Crippen LogP contribution in [0.1, 0.15) is 22.3 Å². The SMILES string of the molecule is Cc1c(C)c(-c2c3c(F)c(F)c(F)c(F)c3nc3c(F)c(F)c(F)c(F)c23)c(C)c(C)c1Br. The van der Waals surface area contributed by atoms with Gasteiger partial charge in [-0.15, -0.1) is 0 Å². The third kappa shape index (κ3) is 2.99. The Labute approximate surface area is 190 Å². The first-order valence-electron chi connectivity index (χ1n) is 9.40. The lowest BCUT2D eigenvalue weighted by molar-refractivity contribution is 0.414. The molecule has 0 amide bonds. The predicted octanol–water partition coefficient (Wildman–Crippen LogP) is 8.16. The van der Waals surface area contributed by atoms with E-state index in [2.05, 4.69) is 20.9 Å². The number of fused-ring (bicyclic) bond motifs is 2. The van der Waals surface area contributed by atoms with Crippen LogP contribution >= 0.6 is 15.9 Å². The van der Waals surface area contributed by atoms with E-state index in [1.807, 2.05) is 0 Å². The van der Waals surface area contributed by atoms with Gasteiger partial charge in [0.1, 0.15) is 11.0 Å². The molecule has 1 aromatic heterocycles. The molecule has 3 aromatic carbocycles. The number of benzene rings is 3. The summed E-state index contributed by atoms with van der Waals surface area (Å²) in [5.74, 6) is -16.8. The van der Waals surface area contributed by atoms with Crippen LogP contribution < -0.4 is 0 Å². The quantitative estimate of drug-likeness (QED) is 0.104. The lowest BCUT2D eigenvalue weighted by atomic mass is 9.85. The molecule has 0 spiro atoms. The minimum atomic E-state index is -2.24. The van der Waals surface area contributed by atoms with Crippen molar-refractivity contribution in [3.8, 4) is 11.1 Å². The van der Waals surface area contributed by atoms with Crippen molar-refractivity contribution in [3.63, 3.8) is 0 Å². The summed E-state index contributed by atoms with van der Waals surface area (Å²) in [5.41, 5.74) is -1.30. The van der Waals surface area contributed by atoms with Gasteiger partial charge in [-0.3, -0.25) is 0 Å². The van der Waals surface area contributed by atoms with Gasteiger partial charge in [0, 0.05) is 10.0 Å². The van der Waals surface area contributed by atoms with E-state index in [-0.39, 0.29) is 5.56 Å². The van der Waals surface area contributed by atoms with Gasteiger partial charge in [0.05, 0.1) is 10.8 Å². The van der Waals surface area contributed by atoms with Gasteiger partial charge in [-0.25, -0.2) is 40.1 Å². The average Bonchev–Trinajstić information content (AvgIpc) is 2.80. The van der Waals surface area contributed by atoms with Gasteiger partial charge >= 0.3 is 0 Å². The molecule has 0 aliphatic carbocycles. The minimum Gasteiger partial charge on any atom is -0.241 e. The number of rotatable bonds is 1. The normalized spacial score (nSPS) is 11.8. The Balaban J connectivity index is 2.50. The lowest BCUT2D eigenvalue weighted by Gasteiger charge is -2.22. The van der Waals surface area contributed by atoms with Crippen LogP contribution in [0.25, 0.3) is 32.9 Å². The maximum Gasteiger partial charge on any atom is 0.199 e. The van der Waals surface area contributed by atoms with Crippen LogP contribution in [0.3, 0.4) is 0 Å². The molecule has 172 valence electrons. The summed E-state index contributed by atoms with van der Waals surface area (Å²) >= 11 is 3.38. The van der Waals surface area contributed by atoms with Crippen molar-refractivity contribution in [3.05, 3.63) is 73.3 Å². The molecule has 0 bridgehead atoms. The number of halogens is 9. The van der Waals surface area contributed by atoms with E-state index in [1.165, 1.54) is 13.8 Å². The van der Waals surface area contributed by atoms with Gasteiger partial charge in [0.15, 0.2) is 46.5 Å². The molecule has 0 aliphatic rings. The summed E-state index contributed by atoms with van der Waals surface area (Å²) in [6.45, 7) is 6.30. The summed E-state index contributed by atoms with van der Waals surface area (Å²) in [5, 5.41) is -2.06. The molecule has 4 aromatic rings. The van der Waals surface area contributed by atoms with Crippen LogP contribution in [0.15, 0.2) is 4.47 Å². The Morgan fingerprint density at radius 2 is 0.788 bits per heavy atom. The van der Waals surface area contributed by atoms with Gasteiger partial charge < -0.3 is 0 Å². The van der Waals surface area contributed by atoms with Gasteiger partial charge in [-0.1, -0.05) is 15.9 Å². The third-order valence-corrected chi connectivity index (χ3v) is 7.18. The molecule has 33 heavy (non-hydrogen) atoms. The van der Waals surface area contributed by atoms with Crippen LogP contribution in [-0.4, -0.2) is 4.98 Å². The summed E-state index contributed by atoms with van der Waals surface area (Å²) in [7, 11) is 0. The Hall–Kier alpha value is -2.75. The number of nitrogens with zero attached hydrogens (tertiary/aromatic N) is 1. The molecule has 0 saturated heterocycles. The largest absolute Gasteiger partial charge is 0.241 e. The standard InChI is InChI=1S/C23H12BrF8N/c1-5-7(3)13(24)8(4)6(2)9(5)10-11-14(25)16(27)18(29)20(31)22(11)33-23-12(10)15(26)17(28)19(30)21(23)32/h1-4H3. The highest BCUT2D eigenvalue weighted by atomic mass is 79.9. The van der Waals surface area contributed by atoms with E-state index in [1.54, 1.807) is 13.8 Å². The van der Waals surface area contributed by atoms with Crippen molar-refractivity contribution >= 4 is 37.7 Å². The third-order valence-electron chi connectivity index (χ3n) is 5.99. The molecule has 0 fully saturated rings. The maximum atomic E-state index is 15.1. The number of hydrogen-bond donors (Lipinski definition) is 0. The van der Waals surface area contributed by atoms with Crippen molar-refractivity contribution in [1.29, 1.82) is 0 Å². The highest BCUT2D eigenvalue weighted by Gasteiger charge is 2.32. The van der Waals surface area contributed by atoms with E-state index in [9.17, 15) is 26.3 Å². The molecular weight excluding hydrogens is 522 g/mol. The summed E-state index contributed by atoms with van der Waals surface area (Å²) in [6, 6.07) is 0. The van der Waals surface area contributed by atoms with Gasteiger partial charge in [0.2, 0.25) is 0 Å². The first kappa shape index (κ1) is 23.4. The van der Waals surface area contributed by atoms with Crippen molar-refractivity contribution in [1.82, 2.24) is 4.98 Å². The molecule has 0 N–H and O–H groups in total. The Morgan fingerprint density at radius 1 is 0.455 bits per heavy atom. The van der Waals surface area contributed by atoms with Crippen molar-refractivity contribution in [2.45, 2.75) is 27.7 Å². The number of aromatic nitrogens is 1. The smallest absolute Gasteiger partial charge is 0.199 e. The van der Waals surface area contributed by atoms with E-state index < -0.39 is 73.9 Å². The average molecular weight is 534 g/mol. The molecule has 1 heterocycles. The second kappa shape index (κ2) is 7.65. The zero-order valence-corrected chi connectivity index (χ0v) is 18.9. The van der Waals surface area contributed by atoms with Gasteiger partial charge in [-0.05, 0) is 55.5 Å². The first-order valence-corrected chi connectivity index (χ1v) is 10.2. The lowest BCUT2D eigenvalue weighted by Crippen LogP contribution is -2.08. The van der Waals surface area contributed by atoms with Gasteiger partial charge in [0.25, 0.3) is 0 Å².